The maximum absolute atomic E-state index is 13.0. The minimum absolute atomic E-state index is 0.0290. The molecule has 0 spiro atoms. The lowest BCUT2D eigenvalue weighted by Crippen LogP contribution is -2.58. The summed E-state index contributed by atoms with van der Waals surface area (Å²) < 4.78 is 0. The van der Waals surface area contributed by atoms with Crippen LogP contribution in [0.1, 0.15) is 24.8 Å². The van der Waals surface area contributed by atoms with Gasteiger partial charge in [0.05, 0.1) is 12.5 Å². The summed E-state index contributed by atoms with van der Waals surface area (Å²) in [5.74, 6) is -5.15. The zero-order valence-electron chi connectivity index (χ0n) is 20.5. The Balaban J connectivity index is 3.04. The summed E-state index contributed by atoms with van der Waals surface area (Å²) in [6.07, 6.45) is -0.178. The first kappa shape index (κ1) is 32.0. The van der Waals surface area contributed by atoms with E-state index in [1.165, 1.54) is 24.3 Å². The number of rotatable bonds is 16. The fourth-order valence-corrected chi connectivity index (χ4v) is 3.39. The van der Waals surface area contributed by atoms with Crippen molar-refractivity contribution in [2.24, 2.45) is 27.9 Å². The van der Waals surface area contributed by atoms with E-state index >= 15 is 0 Å². The Morgan fingerprint density at radius 2 is 1.45 bits per heavy atom. The first-order chi connectivity index (χ1) is 17.8. The zero-order chi connectivity index (χ0) is 28.8. The van der Waals surface area contributed by atoms with E-state index in [2.05, 4.69) is 33.6 Å². The molecule has 0 fully saturated rings. The number of carboxylic acids is 1. The number of benzene rings is 1. The summed E-state index contributed by atoms with van der Waals surface area (Å²) in [5.41, 5.74) is 22.1. The highest BCUT2D eigenvalue weighted by atomic mass is 32.1. The number of primary amides is 1. The van der Waals surface area contributed by atoms with Gasteiger partial charge in [0, 0.05) is 18.7 Å². The summed E-state index contributed by atoms with van der Waals surface area (Å²) in [4.78, 5) is 65.2. The Morgan fingerprint density at radius 1 is 0.895 bits per heavy atom. The van der Waals surface area contributed by atoms with Gasteiger partial charge in [0.15, 0.2) is 5.96 Å². The number of thiol groups is 1. The third-order valence-electron chi connectivity index (χ3n) is 5.15. The number of carbonyl (C=O) groups excluding carboxylic acids is 4. The molecule has 38 heavy (non-hydrogen) atoms. The van der Waals surface area contributed by atoms with Gasteiger partial charge in [-0.15, -0.1) is 0 Å². The minimum atomic E-state index is -1.47. The molecule has 210 valence electrons. The molecule has 0 aromatic heterocycles. The van der Waals surface area contributed by atoms with Crippen molar-refractivity contribution in [2.45, 2.75) is 49.9 Å². The van der Waals surface area contributed by atoms with Gasteiger partial charge in [0.25, 0.3) is 0 Å². The summed E-state index contributed by atoms with van der Waals surface area (Å²) in [7, 11) is 0. The van der Waals surface area contributed by atoms with Gasteiger partial charge in [-0.25, -0.2) is 4.79 Å². The first-order valence-corrected chi connectivity index (χ1v) is 12.1. The highest BCUT2D eigenvalue weighted by molar-refractivity contribution is 7.80. The molecule has 1 rings (SSSR count). The zero-order valence-corrected chi connectivity index (χ0v) is 21.4. The average Bonchev–Trinajstić information content (AvgIpc) is 2.84. The quantitative estimate of drug-likeness (QED) is 0.0419. The van der Waals surface area contributed by atoms with Crippen molar-refractivity contribution in [2.75, 3.05) is 12.3 Å². The van der Waals surface area contributed by atoms with Crippen LogP contribution in [0.3, 0.4) is 0 Å². The van der Waals surface area contributed by atoms with Crippen LogP contribution in [0.15, 0.2) is 29.3 Å². The smallest absolute Gasteiger partial charge is 0.327 e. The van der Waals surface area contributed by atoms with Crippen LogP contribution in [0.2, 0.25) is 0 Å². The van der Waals surface area contributed by atoms with E-state index in [0.29, 0.717) is 12.0 Å². The first-order valence-electron chi connectivity index (χ1n) is 11.5. The molecule has 0 saturated heterocycles. The molecule has 4 unspecified atom stereocenters. The lowest BCUT2D eigenvalue weighted by atomic mass is 10.0. The predicted molar refractivity (Wildman–Crippen MR) is 141 cm³/mol. The van der Waals surface area contributed by atoms with Crippen LogP contribution in [0.4, 0.5) is 0 Å². The largest absolute Gasteiger partial charge is 0.508 e. The van der Waals surface area contributed by atoms with E-state index in [1.807, 2.05) is 0 Å². The van der Waals surface area contributed by atoms with E-state index in [-0.39, 0.29) is 36.8 Å². The molecule has 0 aliphatic heterocycles. The van der Waals surface area contributed by atoms with E-state index in [9.17, 15) is 34.2 Å². The monoisotopic (exact) mass is 554 g/mol. The third kappa shape index (κ3) is 11.8. The van der Waals surface area contributed by atoms with Gasteiger partial charge < -0.3 is 49.1 Å². The normalized spacial score (nSPS) is 13.7. The topological polar surface area (TPSA) is 278 Å². The minimum Gasteiger partial charge on any atom is -0.508 e. The summed E-state index contributed by atoms with van der Waals surface area (Å²) in [5, 5.41) is 25.8. The summed E-state index contributed by atoms with van der Waals surface area (Å²) in [6.45, 7) is 0.228. The molecule has 0 heterocycles. The molecule has 0 aliphatic rings. The molecular weight excluding hydrogens is 520 g/mol. The van der Waals surface area contributed by atoms with Gasteiger partial charge >= 0.3 is 5.97 Å². The fourth-order valence-electron chi connectivity index (χ4n) is 3.15. The van der Waals surface area contributed by atoms with Crippen molar-refractivity contribution < 1.29 is 34.2 Å². The van der Waals surface area contributed by atoms with Crippen LogP contribution in [0, 0.1) is 0 Å². The van der Waals surface area contributed by atoms with E-state index in [0.717, 1.165) is 0 Å². The number of phenolic OH excluding ortho intramolecular Hbond substituents is 1. The van der Waals surface area contributed by atoms with Gasteiger partial charge in [-0.2, -0.15) is 12.6 Å². The van der Waals surface area contributed by atoms with Gasteiger partial charge in [-0.3, -0.25) is 24.2 Å². The van der Waals surface area contributed by atoms with Gasteiger partial charge in [-0.1, -0.05) is 12.1 Å². The highest BCUT2D eigenvalue weighted by Crippen LogP contribution is 2.12. The van der Waals surface area contributed by atoms with Crippen LogP contribution < -0.4 is 38.9 Å². The Bertz CT molecular complexity index is 1020. The standard InChI is InChI=1S/C22H34N8O7S/c23-13(2-1-7-27-22(25)26)18(33)28-15(9-17(24)32)20(35)29-14(8-11-3-5-12(31)6-4-11)19(34)30-16(10-38)21(36)37/h3-6,13-16,31,38H,1-2,7-10,23H2,(H2,24,32)(H,28,33)(H,29,35)(H,30,34)(H,36,37)(H4,25,26,27). The number of amides is 4. The molecule has 4 amide bonds. The molecule has 0 bridgehead atoms. The molecule has 0 saturated carbocycles. The van der Waals surface area contributed by atoms with Crippen molar-refractivity contribution in [1.29, 1.82) is 0 Å². The van der Waals surface area contributed by atoms with Gasteiger partial charge in [0.1, 0.15) is 23.9 Å². The number of hydrogen-bond acceptors (Lipinski definition) is 9. The molecule has 4 atom stereocenters. The van der Waals surface area contributed by atoms with E-state index in [4.69, 9.17) is 22.9 Å². The fraction of sp³-hybridized carbons (Fsp3) is 0.455. The van der Waals surface area contributed by atoms with Crippen LogP contribution in [-0.4, -0.2) is 82.2 Å². The molecule has 0 radical (unpaired) electrons. The second-order valence-corrected chi connectivity index (χ2v) is 8.67. The number of nitrogens with one attached hydrogen (secondary N) is 3. The van der Waals surface area contributed by atoms with Crippen molar-refractivity contribution >= 4 is 48.2 Å². The van der Waals surface area contributed by atoms with Crippen molar-refractivity contribution in [1.82, 2.24) is 16.0 Å². The van der Waals surface area contributed by atoms with E-state index in [1.54, 1.807) is 0 Å². The molecular formula is C22H34N8O7S. The Kier molecular flexibility index (Phi) is 13.4. The van der Waals surface area contributed by atoms with Crippen LogP contribution in [-0.2, 0) is 30.4 Å². The molecule has 1 aromatic rings. The maximum Gasteiger partial charge on any atom is 0.327 e. The summed E-state index contributed by atoms with van der Waals surface area (Å²) in [6, 6.07) is 0.527. The molecule has 13 N–H and O–H groups in total. The van der Waals surface area contributed by atoms with Crippen molar-refractivity contribution in [3.63, 3.8) is 0 Å². The van der Waals surface area contributed by atoms with Crippen molar-refractivity contribution in [3.05, 3.63) is 29.8 Å². The highest BCUT2D eigenvalue weighted by Gasteiger charge is 2.31. The lowest BCUT2D eigenvalue weighted by molar-refractivity contribution is -0.141. The SMILES string of the molecule is NC(=O)CC(NC(=O)C(N)CCCN=C(N)N)C(=O)NC(Cc1ccc(O)cc1)C(=O)NC(CS)C(=O)O. The Morgan fingerprint density at radius 3 is 1.97 bits per heavy atom. The number of carbonyl (C=O) groups is 5. The average molecular weight is 555 g/mol. The number of hydrogen-bond donors (Lipinski definition) is 10. The maximum atomic E-state index is 13.0. The number of carboxylic acid groups (broad SMARTS) is 1. The lowest BCUT2D eigenvalue weighted by Gasteiger charge is -2.24. The second kappa shape index (κ2) is 15.9. The number of nitrogens with two attached hydrogens (primary N) is 4. The molecule has 15 nitrogen and oxygen atoms in total. The number of guanidine groups is 1. The van der Waals surface area contributed by atoms with Crippen LogP contribution in [0.5, 0.6) is 5.75 Å². The number of aliphatic imine (C=N–C) groups is 1. The van der Waals surface area contributed by atoms with Gasteiger partial charge in [-0.05, 0) is 30.5 Å². The van der Waals surface area contributed by atoms with Gasteiger partial charge in [0.2, 0.25) is 23.6 Å². The molecule has 16 heteroatoms. The Hall–Kier alpha value is -4.05. The number of aromatic hydroxyl groups is 1. The predicted octanol–water partition coefficient (Wildman–Crippen LogP) is -3.34. The Labute approximate surface area is 224 Å². The van der Waals surface area contributed by atoms with Crippen LogP contribution >= 0.6 is 12.6 Å². The number of phenols is 1. The third-order valence-corrected chi connectivity index (χ3v) is 5.51. The number of aliphatic carboxylic acids is 1. The molecule has 1 aromatic carbocycles. The second-order valence-electron chi connectivity index (χ2n) is 8.30. The van der Waals surface area contributed by atoms with Crippen molar-refractivity contribution in [3.8, 4) is 5.75 Å². The molecule has 0 aliphatic carbocycles. The van der Waals surface area contributed by atoms with Crippen LogP contribution in [0.25, 0.3) is 0 Å². The van der Waals surface area contributed by atoms with E-state index < -0.39 is 60.2 Å². The summed E-state index contributed by atoms with van der Waals surface area (Å²) >= 11 is 3.90. The number of nitrogens with zero attached hydrogens (tertiary/aromatic N) is 1.